The molecule has 0 bridgehead atoms. The molecule has 1 saturated heterocycles. The van der Waals surface area contributed by atoms with E-state index >= 15 is 0 Å². The molecule has 0 spiro atoms. The maximum atomic E-state index is 12.3. The van der Waals surface area contributed by atoms with Crippen molar-refractivity contribution in [1.29, 1.82) is 0 Å². The highest BCUT2D eigenvalue weighted by atomic mass is 32.1. The fraction of sp³-hybridized carbons (Fsp3) is 0.467. The first-order valence-corrected chi connectivity index (χ1v) is 7.75. The smallest absolute Gasteiger partial charge is 0.329 e. The number of carbonyl (C=O) groups is 2. The van der Waals surface area contributed by atoms with Gasteiger partial charge in [0.2, 0.25) is 5.91 Å². The molecule has 0 aromatic carbocycles. The lowest BCUT2D eigenvalue weighted by Gasteiger charge is -2.34. The summed E-state index contributed by atoms with van der Waals surface area (Å²) in [7, 11) is 0. The number of likely N-dealkylation sites (tertiary alicyclic amines) is 1. The third kappa shape index (κ3) is 2.77. The van der Waals surface area contributed by atoms with Gasteiger partial charge in [-0.2, -0.15) is 0 Å². The normalized spacial score (nSPS) is 22.6. The summed E-state index contributed by atoms with van der Waals surface area (Å²) >= 11 is 1.55. The second kappa shape index (κ2) is 6.22. The molecule has 1 aliphatic heterocycles. The Morgan fingerprint density at radius 1 is 1.55 bits per heavy atom. The molecular weight excluding hydrogens is 274 g/mol. The predicted molar refractivity (Wildman–Crippen MR) is 79.6 cm³/mol. The number of thiophene rings is 1. The predicted octanol–water partition coefficient (Wildman–Crippen LogP) is 3.01. The van der Waals surface area contributed by atoms with Gasteiger partial charge in [-0.05, 0) is 36.8 Å². The Morgan fingerprint density at radius 2 is 2.35 bits per heavy atom. The Labute approximate surface area is 122 Å². The van der Waals surface area contributed by atoms with Gasteiger partial charge in [-0.25, -0.2) is 4.79 Å². The van der Waals surface area contributed by atoms with E-state index < -0.39 is 11.5 Å². The molecule has 1 aliphatic rings. The van der Waals surface area contributed by atoms with E-state index in [1.54, 1.807) is 17.4 Å². The summed E-state index contributed by atoms with van der Waals surface area (Å²) in [6.45, 7) is 2.48. The summed E-state index contributed by atoms with van der Waals surface area (Å²) in [5, 5.41) is 11.5. The number of hydrogen-bond donors (Lipinski definition) is 1. The molecule has 1 unspecified atom stereocenters. The van der Waals surface area contributed by atoms with E-state index in [0.29, 0.717) is 19.4 Å². The van der Waals surface area contributed by atoms with Crippen LogP contribution in [0.3, 0.4) is 0 Å². The Kier molecular flexibility index (Phi) is 4.60. The van der Waals surface area contributed by atoms with Crippen molar-refractivity contribution in [3.8, 4) is 0 Å². The molecule has 1 amide bonds. The quantitative estimate of drug-likeness (QED) is 0.849. The number of carbonyl (C=O) groups excluding carboxylic acids is 1. The first kappa shape index (κ1) is 14.8. The number of aliphatic carboxylic acids is 1. The fourth-order valence-electron chi connectivity index (χ4n) is 2.83. The van der Waals surface area contributed by atoms with Gasteiger partial charge in [0.1, 0.15) is 5.54 Å². The largest absolute Gasteiger partial charge is 0.479 e. The molecule has 1 aromatic heterocycles. The highest BCUT2D eigenvalue weighted by Crippen LogP contribution is 2.34. The van der Waals surface area contributed by atoms with Crippen LogP contribution in [0, 0.1) is 0 Å². The van der Waals surface area contributed by atoms with Crippen molar-refractivity contribution >= 4 is 29.3 Å². The Balaban J connectivity index is 2.17. The molecule has 108 valence electrons. The summed E-state index contributed by atoms with van der Waals surface area (Å²) in [6.07, 6.45) is 5.82. The van der Waals surface area contributed by atoms with E-state index in [-0.39, 0.29) is 5.91 Å². The highest BCUT2D eigenvalue weighted by Gasteiger charge is 2.48. The fourth-order valence-corrected chi connectivity index (χ4v) is 3.45. The standard InChI is InChI=1S/C15H19NO3S/c1-2-8-15(14(18)19)9-4-10-16(15)13(17)7-6-12-5-3-11-20-12/h3,5-7,11H,2,4,8-10H2,1H3,(H,18,19)/b7-6+. The molecular formula is C15H19NO3S. The van der Waals surface area contributed by atoms with Crippen LogP contribution in [0.15, 0.2) is 23.6 Å². The SMILES string of the molecule is CCCC1(C(=O)O)CCCN1C(=O)/C=C/c1cccs1. The van der Waals surface area contributed by atoms with Gasteiger partial charge < -0.3 is 10.0 Å². The average molecular weight is 293 g/mol. The van der Waals surface area contributed by atoms with Crippen LogP contribution in [0.25, 0.3) is 6.08 Å². The van der Waals surface area contributed by atoms with Gasteiger partial charge in [0.05, 0.1) is 0 Å². The van der Waals surface area contributed by atoms with Gasteiger partial charge in [0, 0.05) is 17.5 Å². The van der Waals surface area contributed by atoms with Crippen LogP contribution >= 0.6 is 11.3 Å². The molecule has 1 aromatic rings. The lowest BCUT2D eigenvalue weighted by atomic mass is 9.90. The van der Waals surface area contributed by atoms with Gasteiger partial charge in [0.15, 0.2) is 0 Å². The molecule has 5 heteroatoms. The van der Waals surface area contributed by atoms with E-state index in [0.717, 1.165) is 17.7 Å². The molecule has 0 aliphatic carbocycles. The summed E-state index contributed by atoms with van der Waals surface area (Å²) < 4.78 is 0. The Hall–Kier alpha value is -1.62. The molecule has 2 rings (SSSR count). The van der Waals surface area contributed by atoms with E-state index in [1.165, 1.54) is 11.0 Å². The van der Waals surface area contributed by atoms with Crippen LogP contribution in [0.1, 0.15) is 37.5 Å². The van der Waals surface area contributed by atoms with Crippen molar-refractivity contribution in [1.82, 2.24) is 4.90 Å². The molecule has 1 atom stereocenters. The lowest BCUT2D eigenvalue weighted by Crippen LogP contribution is -2.52. The monoisotopic (exact) mass is 293 g/mol. The van der Waals surface area contributed by atoms with E-state index in [4.69, 9.17) is 0 Å². The molecule has 2 heterocycles. The Morgan fingerprint density at radius 3 is 2.95 bits per heavy atom. The van der Waals surface area contributed by atoms with Crippen molar-refractivity contribution in [3.05, 3.63) is 28.5 Å². The van der Waals surface area contributed by atoms with Crippen LogP contribution in [0.5, 0.6) is 0 Å². The maximum absolute atomic E-state index is 12.3. The third-order valence-electron chi connectivity index (χ3n) is 3.75. The van der Waals surface area contributed by atoms with Gasteiger partial charge in [-0.1, -0.05) is 19.4 Å². The zero-order chi connectivity index (χ0) is 14.6. The number of amides is 1. The number of hydrogen-bond acceptors (Lipinski definition) is 3. The summed E-state index contributed by atoms with van der Waals surface area (Å²) in [5.41, 5.74) is -1.01. The number of carboxylic acid groups (broad SMARTS) is 1. The number of carboxylic acids is 1. The zero-order valence-electron chi connectivity index (χ0n) is 11.5. The topological polar surface area (TPSA) is 57.6 Å². The van der Waals surface area contributed by atoms with Gasteiger partial charge >= 0.3 is 5.97 Å². The second-order valence-corrected chi connectivity index (χ2v) is 6.01. The molecule has 4 nitrogen and oxygen atoms in total. The van der Waals surface area contributed by atoms with Crippen LogP contribution in [-0.2, 0) is 9.59 Å². The summed E-state index contributed by atoms with van der Waals surface area (Å²) in [6, 6.07) is 3.85. The van der Waals surface area contributed by atoms with Gasteiger partial charge in [0.25, 0.3) is 0 Å². The van der Waals surface area contributed by atoms with Crippen LogP contribution in [0.4, 0.5) is 0 Å². The third-order valence-corrected chi connectivity index (χ3v) is 4.59. The first-order chi connectivity index (χ1) is 9.60. The summed E-state index contributed by atoms with van der Waals surface area (Å²) in [4.78, 5) is 26.5. The van der Waals surface area contributed by atoms with E-state index in [2.05, 4.69) is 0 Å². The Bertz CT molecular complexity index is 509. The van der Waals surface area contributed by atoms with Gasteiger partial charge in [-0.3, -0.25) is 4.79 Å². The van der Waals surface area contributed by atoms with Crippen molar-refractivity contribution in [3.63, 3.8) is 0 Å². The molecule has 0 saturated carbocycles. The average Bonchev–Trinajstić information content (AvgIpc) is 3.06. The van der Waals surface area contributed by atoms with Crippen LogP contribution < -0.4 is 0 Å². The van der Waals surface area contributed by atoms with Crippen molar-refractivity contribution in [2.75, 3.05) is 6.54 Å². The van der Waals surface area contributed by atoms with Crippen molar-refractivity contribution < 1.29 is 14.7 Å². The molecule has 1 N–H and O–H groups in total. The van der Waals surface area contributed by atoms with Crippen LogP contribution in [0.2, 0.25) is 0 Å². The first-order valence-electron chi connectivity index (χ1n) is 6.87. The summed E-state index contributed by atoms with van der Waals surface area (Å²) in [5.74, 6) is -1.08. The van der Waals surface area contributed by atoms with E-state index in [1.807, 2.05) is 24.4 Å². The highest BCUT2D eigenvalue weighted by molar-refractivity contribution is 7.10. The van der Waals surface area contributed by atoms with Crippen molar-refractivity contribution in [2.45, 2.75) is 38.1 Å². The maximum Gasteiger partial charge on any atom is 0.329 e. The number of rotatable bonds is 5. The minimum atomic E-state index is -1.01. The van der Waals surface area contributed by atoms with Crippen molar-refractivity contribution in [2.24, 2.45) is 0 Å². The minimum absolute atomic E-state index is 0.202. The zero-order valence-corrected chi connectivity index (χ0v) is 12.4. The molecule has 1 fully saturated rings. The van der Waals surface area contributed by atoms with E-state index in [9.17, 15) is 14.7 Å². The second-order valence-electron chi connectivity index (χ2n) is 5.03. The van der Waals surface area contributed by atoms with Crippen LogP contribution in [-0.4, -0.2) is 34.0 Å². The van der Waals surface area contributed by atoms with Gasteiger partial charge in [-0.15, -0.1) is 11.3 Å². The number of nitrogens with zero attached hydrogens (tertiary/aromatic N) is 1. The minimum Gasteiger partial charge on any atom is -0.479 e. The molecule has 0 radical (unpaired) electrons. The lowest BCUT2D eigenvalue weighted by molar-refractivity contribution is -0.155. The molecule has 20 heavy (non-hydrogen) atoms.